The third-order valence-electron chi connectivity index (χ3n) is 3.38. The summed E-state index contributed by atoms with van der Waals surface area (Å²) in [5, 5.41) is 12.8. The molecule has 0 amide bonds. The first-order chi connectivity index (χ1) is 10.2. The summed E-state index contributed by atoms with van der Waals surface area (Å²) in [6, 6.07) is 17.8. The van der Waals surface area contributed by atoms with Crippen molar-refractivity contribution in [2.75, 3.05) is 0 Å². The van der Waals surface area contributed by atoms with Crippen molar-refractivity contribution in [2.24, 2.45) is 0 Å². The normalized spacial score (nSPS) is 10.5. The number of carbonyl (C=O) groups is 1. The van der Waals surface area contributed by atoms with Gasteiger partial charge in [-0.15, -0.1) is 0 Å². The molecule has 4 heteroatoms. The van der Waals surface area contributed by atoms with Crippen molar-refractivity contribution >= 4 is 5.97 Å². The van der Waals surface area contributed by atoms with Gasteiger partial charge < -0.3 is 9.63 Å². The van der Waals surface area contributed by atoms with Crippen LogP contribution in [0, 0.1) is 6.92 Å². The Kier molecular flexibility index (Phi) is 3.28. The number of hydrogen-bond donors (Lipinski definition) is 1. The molecular weight excluding hydrogens is 266 g/mol. The van der Waals surface area contributed by atoms with Crippen LogP contribution in [-0.2, 0) is 0 Å². The van der Waals surface area contributed by atoms with E-state index in [0.29, 0.717) is 11.3 Å². The van der Waals surface area contributed by atoms with Gasteiger partial charge in [0.1, 0.15) is 5.69 Å². The molecule has 0 aliphatic carbocycles. The fourth-order valence-electron chi connectivity index (χ4n) is 2.26. The van der Waals surface area contributed by atoms with Gasteiger partial charge in [0, 0.05) is 11.1 Å². The largest absolute Gasteiger partial charge is 0.475 e. The monoisotopic (exact) mass is 279 g/mol. The van der Waals surface area contributed by atoms with Crippen molar-refractivity contribution in [1.29, 1.82) is 0 Å². The van der Waals surface area contributed by atoms with Crippen LogP contribution >= 0.6 is 0 Å². The van der Waals surface area contributed by atoms with E-state index in [4.69, 9.17) is 9.63 Å². The molecule has 2 aromatic carbocycles. The molecule has 1 N–H and O–H groups in total. The maximum atomic E-state index is 11.0. The highest BCUT2D eigenvalue weighted by Crippen LogP contribution is 2.27. The molecule has 0 radical (unpaired) electrons. The van der Waals surface area contributed by atoms with Gasteiger partial charge in [-0.05, 0) is 18.1 Å². The summed E-state index contributed by atoms with van der Waals surface area (Å²) < 4.78 is 4.88. The second kappa shape index (κ2) is 5.25. The molecule has 1 heterocycles. The van der Waals surface area contributed by atoms with Crippen molar-refractivity contribution in [3.8, 4) is 22.4 Å². The highest BCUT2D eigenvalue weighted by Gasteiger charge is 2.18. The molecule has 0 atom stereocenters. The van der Waals surface area contributed by atoms with Crippen molar-refractivity contribution < 1.29 is 14.4 Å². The number of aromatic carboxylic acids is 1. The molecule has 104 valence electrons. The van der Waals surface area contributed by atoms with E-state index in [1.807, 2.05) is 54.6 Å². The predicted molar refractivity (Wildman–Crippen MR) is 79.1 cm³/mol. The van der Waals surface area contributed by atoms with Gasteiger partial charge in [0.15, 0.2) is 0 Å². The minimum Gasteiger partial charge on any atom is -0.475 e. The molecule has 3 aromatic rings. The molecule has 21 heavy (non-hydrogen) atoms. The Labute approximate surface area is 121 Å². The van der Waals surface area contributed by atoms with E-state index in [9.17, 15) is 4.79 Å². The zero-order valence-electron chi connectivity index (χ0n) is 11.4. The lowest BCUT2D eigenvalue weighted by Crippen LogP contribution is -1.95. The molecule has 0 aliphatic heterocycles. The number of carboxylic acids is 1. The van der Waals surface area contributed by atoms with Gasteiger partial charge in [-0.25, -0.2) is 4.79 Å². The lowest BCUT2D eigenvalue weighted by atomic mass is 10.0. The van der Waals surface area contributed by atoms with Crippen LogP contribution in [0.25, 0.3) is 22.4 Å². The summed E-state index contributed by atoms with van der Waals surface area (Å²) in [7, 11) is 0. The average molecular weight is 279 g/mol. The summed E-state index contributed by atoms with van der Waals surface area (Å²) in [5.41, 5.74) is 4.16. The Morgan fingerprint density at radius 1 is 0.952 bits per heavy atom. The molecule has 0 unspecified atom stereocenters. The number of benzene rings is 2. The first-order valence-electron chi connectivity index (χ1n) is 6.52. The van der Waals surface area contributed by atoms with Crippen molar-refractivity contribution in [1.82, 2.24) is 5.16 Å². The maximum absolute atomic E-state index is 11.0. The fourth-order valence-corrected chi connectivity index (χ4v) is 2.26. The van der Waals surface area contributed by atoms with E-state index in [0.717, 1.165) is 16.7 Å². The molecule has 1 aromatic heterocycles. The van der Waals surface area contributed by atoms with Crippen LogP contribution < -0.4 is 0 Å². The second-order valence-electron chi connectivity index (χ2n) is 4.73. The van der Waals surface area contributed by atoms with Crippen LogP contribution in [0.4, 0.5) is 0 Å². The molecule has 0 spiro atoms. The van der Waals surface area contributed by atoms with Gasteiger partial charge >= 0.3 is 5.97 Å². The zero-order valence-corrected chi connectivity index (χ0v) is 11.4. The Morgan fingerprint density at radius 3 is 2.10 bits per heavy atom. The van der Waals surface area contributed by atoms with Crippen molar-refractivity contribution in [3.63, 3.8) is 0 Å². The van der Waals surface area contributed by atoms with Gasteiger partial charge in [0.2, 0.25) is 5.76 Å². The number of aromatic nitrogens is 1. The highest BCUT2D eigenvalue weighted by atomic mass is 16.5. The molecule has 0 saturated heterocycles. The molecule has 3 rings (SSSR count). The number of nitrogens with zero attached hydrogens (tertiary/aromatic N) is 1. The lowest BCUT2D eigenvalue weighted by molar-refractivity contribution is 0.0651. The van der Waals surface area contributed by atoms with Gasteiger partial charge in [-0.1, -0.05) is 59.8 Å². The number of rotatable bonds is 3. The third kappa shape index (κ3) is 2.43. The predicted octanol–water partition coefficient (Wildman–Crippen LogP) is 4.02. The smallest absolute Gasteiger partial charge is 0.375 e. The van der Waals surface area contributed by atoms with E-state index >= 15 is 0 Å². The molecule has 0 saturated carbocycles. The molecule has 0 fully saturated rings. The first kappa shape index (κ1) is 13.1. The Bertz CT molecular complexity index is 774. The van der Waals surface area contributed by atoms with E-state index in [-0.39, 0.29) is 5.76 Å². The van der Waals surface area contributed by atoms with Crippen LogP contribution in [0.3, 0.4) is 0 Å². The van der Waals surface area contributed by atoms with Gasteiger partial charge in [-0.3, -0.25) is 0 Å². The van der Waals surface area contributed by atoms with Crippen LogP contribution in [0.15, 0.2) is 59.1 Å². The number of carboxylic acid groups (broad SMARTS) is 1. The topological polar surface area (TPSA) is 63.3 Å². The van der Waals surface area contributed by atoms with Crippen molar-refractivity contribution in [2.45, 2.75) is 6.92 Å². The highest BCUT2D eigenvalue weighted by molar-refractivity contribution is 5.88. The van der Waals surface area contributed by atoms with E-state index in [1.54, 1.807) is 6.92 Å². The maximum Gasteiger partial charge on any atom is 0.375 e. The summed E-state index contributed by atoms with van der Waals surface area (Å²) in [6.07, 6.45) is 0. The van der Waals surface area contributed by atoms with Crippen molar-refractivity contribution in [3.05, 3.63) is 65.9 Å². The average Bonchev–Trinajstić information content (AvgIpc) is 2.90. The molecular formula is C17H13NO3. The summed E-state index contributed by atoms with van der Waals surface area (Å²) >= 11 is 0. The van der Waals surface area contributed by atoms with Crippen LogP contribution in [0.2, 0.25) is 0 Å². The summed E-state index contributed by atoms with van der Waals surface area (Å²) in [4.78, 5) is 11.0. The van der Waals surface area contributed by atoms with Gasteiger partial charge in [0.25, 0.3) is 0 Å². The molecule has 0 bridgehead atoms. The standard InChI is InChI=1S/C17H13NO3/c1-11-15(18-21-16(11)17(19)20)14-9-7-13(8-10-14)12-5-3-2-4-6-12/h2-10H,1H3,(H,19,20). The second-order valence-corrected chi connectivity index (χ2v) is 4.73. The van der Waals surface area contributed by atoms with E-state index < -0.39 is 5.97 Å². The Morgan fingerprint density at radius 2 is 1.52 bits per heavy atom. The lowest BCUT2D eigenvalue weighted by Gasteiger charge is -2.03. The van der Waals surface area contributed by atoms with Crippen LogP contribution in [-0.4, -0.2) is 16.2 Å². The third-order valence-corrected chi connectivity index (χ3v) is 3.38. The zero-order chi connectivity index (χ0) is 14.8. The SMILES string of the molecule is Cc1c(-c2ccc(-c3ccccc3)cc2)noc1C(=O)O. The molecule has 4 nitrogen and oxygen atoms in total. The number of hydrogen-bond acceptors (Lipinski definition) is 3. The quantitative estimate of drug-likeness (QED) is 0.786. The van der Waals surface area contributed by atoms with E-state index in [1.165, 1.54) is 0 Å². The Balaban J connectivity index is 1.97. The first-order valence-corrected chi connectivity index (χ1v) is 6.52. The minimum absolute atomic E-state index is 0.114. The fraction of sp³-hybridized carbons (Fsp3) is 0.0588. The van der Waals surface area contributed by atoms with Gasteiger partial charge in [-0.2, -0.15) is 0 Å². The Hall–Kier alpha value is -2.88. The van der Waals surface area contributed by atoms with Gasteiger partial charge in [0.05, 0.1) is 0 Å². The molecule has 0 aliphatic rings. The van der Waals surface area contributed by atoms with Crippen LogP contribution in [0.1, 0.15) is 16.1 Å². The minimum atomic E-state index is -1.10. The van der Waals surface area contributed by atoms with Crippen LogP contribution in [0.5, 0.6) is 0 Å². The summed E-state index contributed by atoms with van der Waals surface area (Å²) in [5.74, 6) is -1.22. The summed E-state index contributed by atoms with van der Waals surface area (Å²) in [6.45, 7) is 1.69. The van der Waals surface area contributed by atoms with E-state index in [2.05, 4.69) is 5.16 Å².